The largest absolute Gasteiger partial charge is 0.371 e. The van der Waals surface area contributed by atoms with Crippen molar-refractivity contribution in [1.82, 2.24) is 19.9 Å². The Labute approximate surface area is 188 Å². The van der Waals surface area contributed by atoms with Crippen molar-refractivity contribution in [3.63, 3.8) is 0 Å². The lowest BCUT2D eigenvalue weighted by Gasteiger charge is -2.20. The zero-order chi connectivity index (χ0) is 22.7. The normalized spacial score (nSPS) is 14.5. The van der Waals surface area contributed by atoms with Gasteiger partial charge in [-0.1, -0.05) is 19.4 Å². The van der Waals surface area contributed by atoms with Gasteiger partial charge in [-0.15, -0.1) is 0 Å². The molecule has 0 aliphatic carbocycles. The Morgan fingerprint density at radius 1 is 1.16 bits per heavy atom. The van der Waals surface area contributed by atoms with Gasteiger partial charge in [-0.2, -0.15) is 5.10 Å². The van der Waals surface area contributed by atoms with E-state index in [2.05, 4.69) is 31.7 Å². The number of amides is 2. The third-order valence-corrected chi connectivity index (χ3v) is 5.81. The molecule has 1 unspecified atom stereocenters. The van der Waals surface area contributed by atoms with E-state index >= 15 is 0 Å². The molecule has 2 amide bonds. The van der Waals surface area contributed by atoms with Crippen LogP contribution in [0.3, 0.4) is 0 Å². The molecular formula is C24H30N6O2. The lowest BCUT2D eigenvalue weighted by molar-refractivity contribution is -0.118. The molecule has 3 heterocycles. The van der Waals surface area contributed by atoms with E-state index in [9.17, 15) is 9.59 Å². The molecule has 0 bridgehead atoms. The molecule has 1 saturated heterocycles. The molecule has 4 rings (SSSR count). The maximum atomic E-state index is 13.0. The summed E-state index contributed by atoms with van der Waals surface area (Å²) in [6.45, 7) is 7.87. The average Bonchev–Trinajstić information content (AvgIpc) is 3.44. The Bertz CT molecular complexity index is 1130. The van der Waals surface area contributed by atoms with Crippen LogP contribution in [0.2, 0.25) is 0 Å². The molecule has 0 radical (unpaired) electrons. The van der Waals surface area contributed by atoms with Crippen molar-refractivity contribution in [2.45, 2.75) is 52.5 Å². The van der Waals surface area contributed by atoms with Gasteiger partial charge in [-0.05, 0) is 57.4 Å². The molecule has 1 atom stereocenters. The van der Waals surface area contributed by atoms with Crippen LogP contribution in [0.1, 0.15) is 54.4 Å². The average molecular weight is 435 g/mol. The minimum Gasteiger partial charge on any atom is -0.371 e. The molecule has 1 fully saturated rings. The van der Waals surface area contributed by atoms with Crippen molar-refractivity contribution in [3.8, 4) is 0 Å². The number of aryl methyl sites for hydroxylation is 2. The highest BCUT2D eigenvalue weighted by Gasteiger charge is 2.24. The van der Waals surface area contributed by atoms with Crippen LogP contribution in [-0.2, 0) is 4.79 Å². The highest BCUT2D eigenvalue weighted by atomic mass is 16.2. The number of hydrogen-bond acceptors (Lipinski definition) is 5. The van der Waals surface area contributed by atoms with Crippen LogP contribution in [0.15, 0.2) is 36.5 Å². The number of carbonyl (C=O) groups excluding carboxylic acids is 2. The van der Waals surface area contributed by atoms with Crippen LogP contribution in [0.4, 0.5) is 11.4 Å². The number of fused-ring (bicyclic) bond motifs is 1. The van der Waals surface area contributed by atoms with E-state index < -0.39 is 6.04 Å². The first kappa shape index (κ1) is 21.8. The van der Waals surface area contributed by atoms with Crippen molar-refractivity contribution in [1.29, 1.82) is 0 Å². The van der Waals surface area contributed by atoms with E-state index in [0.29, 0.717) is 17.6 Å². The van der Waals surface area contributed by atoms with Crippen LogP contribution >= 0.6 is 0 Å². The lowest BCUT2D eigenvalue weighted by atomic mass is 10.1. The second kappa shape index (κ2) is 9.38. The third-order valence-electron chi connectivity index (χ3n) is 5.81. The van der Waals surface area contributed by atoms with Gasteiger partial charge < -0.3 is 15.5 Å². The second-order valence-electron chi connectivity index (χ2n) is 8.38. The van der Waals surface area contributed by atoms with Crippen molar-refractivity contribution < 1.29 is 9.59 Å². The number of benzene rings is 1. The summed E-state index contributed by atoms with van der Waals surface area (Å²) < 4.78 is 1.64. The maximum absolute atomic E-state index is 13.0. The van der Waals surface area contributed by atoms with E-state index in [1.54, 1.807) is 4.52 Å². The first-order chi connectivity index (χ1) is 15.5. The Kier molecular flexibility index (Phi) is 6.39. The summed E-state index contributed by atoms with van der Waals surface area (Å²) in [4.78, 5) is 32.8. The highest BCUT2D eigenvalue weighted by molar-refractivity contribution is 6.04. The number of nitrogens with one attached hydrogen (secondary N) is 2. The van der Waals surface area contributed by atoms with Crippen LogP contribution in [0.25, 0.3) is 5.65 Å². The number of hydrogen-bond donors (Lipinski definition) is 2. The topological polar surface area (TPSA) is 91.6 Å². The van der Waals surface area contributed by atoms with E-state index in [1.165, 1.54) is 19.0 Å². The smallest absolute Gasteiger partial charge is 0.257 e. The maximum Gasteiger partial charge on any atom is 0.257 e. The van der Waals surface area contributed by atoms with Crippen molar-refractivity contribution in [2.24, 2.45) is 0 Å². The first-order valence-electron chi connectivity index (χ1n) is 11.2. The Morgan fingerprint density at radius 3 is 2.69 bits per heavy atom. The molecule has 2 N–H and O–H groups in total. The van der Waals surface area contributed by atoms with Crippen molar-refractivity contribution in [3.05, 3.63) is 53.5 Å². The van der Waals surface area contributed by atoms with Gasteiger partial charge in [0.2, 0.25) is 5.91 Å². The summed E-state index contributed by atoms with van der Waals surface area (Å²) in [6, 6.07) is 9.15. The van der Waals surface area contributed by atoms with E-state index in [0.717, 1.165) is 42.3 Å². The zero-order valence-corrected chi connectivity index (χ0v) is 18.9. The Balaban J connectivity index is 1.49. The first-order valence-corrected chi connectivity index (χ1v) is 11.2. The minimum atomic E-state index is -0.649. The molecule has 8 heteroatoms. The molecule has 1 aromatic carbocycles. The fraction of sp³-hybridized carbons (Fsp3) is 0.417. The SMILES string of the molecule is CCCC(NC(=O)c1cnn2c(C)cc(C)nc12)C(=O)Nc1cccc(N2CCCC2)c1. The molecule has 32 heavy (non-hydrogen) atoms. The number of nitrogens with zero attached hydrogens (tertiary/aromatic N) is 4. The number of anilines is 2. The lowest BCUT2D eigenvalue weighted by Crippen LogP contribution is -2.43. The van der Waals surface area contributed by atoms with Crippen LogP contribution in [-0.4, -0.2) is 45.5 Å². The van der Waals surface area contributed by atoms with E-state index in [-0.39, 0.29) is 11.8 Å². The minimum absolute atomic E-state index is 0.226. The standard InChI is InChI=1S/C24H30N6O2/c1-4-8-21(24(32)27-18-9-7-10-19(14-18)29-11-5-6-12-29)28-23(31)20-15-25-30-17(3)13-16(2)26-22(20)30/h7,9-10,13-15,21H,4-6,8,11-12H2,1-3H3,(H,27,32)(H,28,31). The van der Waals surface area contributed by atoms with Crippen molar-refractivity contribution >= 4 is 28.8 Å². The van der Waals surface area contributed by atoms with E-state index in [1.807, 2.05) is 45.0 Å². The van der Waals surface area contributed by atoms with Gasteiger partial charge in [-0.25, -0.2) is 9.50 Å². The van der Waals surface area contributed by atoms with Crippen molar-refractivity contribution in [2.75, 3.05) is 23.3 Å². The van der Waals surface area contributed by atoms with Crippen LogP contribution in [0, 0.1) is 13.8 Å². The van der Waals surface area contributed by atoms with Gasteiger partial charge in [-0.3, -0.25) is 9.59 Å². The molecule has 8 nitrogen and oxygen atoms in total. The van der Waals surface area contributed by atoms with Gasteiger partial charge >= 0.3 is 0 Å². The zero-order valence-electron chi connectivity index (χ0n) is 18.9. The van der Waals surface area contributed by atoms with Gasteiger partial charge in [0.05, 0.1) is 6.20 Å². The molecular weight excluding hydrogens is 404 g/mol. The second-order valence-corrected chi connectivity index (χ2v) is 8.38. The molecule has 168 valence electrons. The van der Waals surface area contributed by atoms with Crippen LogP contribution in [0.5, 0.6) is 0 Å². The molecule has 1 aliphatic rings. The highest BCUT2D eigenvalue weighted by Crippen LogP contribution is 2.23. The summed E-state index contributed by atoms with van der Waals surface area (Å²) in [5.74, 6) is -0.576. The van der Waals surface area contributed by atoms with Gasteiger partial charge in [0, 0.05) is 35.9 Å². The summed E-state index contributed by atoms with van der Waals surface area (Å²) in [5, 5.41) is 10.1. The number of aromatic nitrogens is 3. The van der Waals surface area contributed by atoms with Gasteiger partial charge in [0.15, 0.2) is 5.65 Å². The number of carbonyl (C=O) groups is 2. The Morgan fingerprint density at radius 2 is 1.94 bits per heavy atom. The molecule has 3 aromatic rings. The fourth-order valence-electron chi connectivity index (χ4n) is 4.21. The molecule has 0 spiro atoms. The summed E-state index contributed by atoms with van der Waals surface area (Å²) in [7, 11) is 0. The van der Waals surface area contributed by atoms with Crippen LogP contribution < -0.4 is 15.5 Å². The van der Waals surface area contributed by atoms with Gasteiger partial charge in [0.25, 0.3) is 5.91 Å². The summed E-state index contributed by atoms with van der Waals surface area (Å²) in [6.07, 6.45) is 5.19. The Hall–Kier alpha value is -3.42. The van der Waals surface area contributed by atoms with E-state index in [4.69, 9.17) is 0 Å². The summed E-state index contributed by atoms with van der Waals surface area (Å²) >= 11 is 0. The summed E-state index contributed by atoms with van der Waals surface area (Å²) in [5.41, 5.74) is 4.41. The monoisotopic (exact) mass is 434 g/mol. The quantitative estimate of drug-likeness (QED) is 0.594. The van der Waals surface area contributed by atoms with Gasteiger partial charge in [0.1, 0.15) is 11.6 Å². The predicted octanol–water partition coefficient (Wildman–Crippen LogP) is 3.48. The third kappa shape index (κ3) is 4.59. The molecule has 1 aliphatic heterocycles. The molecule has 2 aromatic heterocycles. The molecule has 0 saturated carbocycles. The fourth-order valence-corrected chi connectivity index (χ4v) is 4.21. The number of rotatable bonds is 7. The predicted molar refractivity (Wildman–Crippen MR) is 125 cm³/mol.